The molecule has 0 radical (unpaired) electrons. The molecule has 1 aromatic heterocycles. The number of amides is 1. The lowest BCUT2D eigenvalue weighted by molar-refractivity contribution is -0.115. The fourth-order valence-electron chi connectivity index (χ4n) is 2.78. The Morgan fingerprint density at radius 3 is 2.50 bits per heavy atom. The van der Waals surface area contributed by atoms with Crippen molar-refractivity contribution >= 4 is 23.4 Å². The van der Waals surface area contributed by atoms with Gasteiger partial charge in [-0.1, -0.05) is 61.2 Å². The Balaban J connectivity index is 1.90. The number of nitriles is 2. The molecule has 2 N–H and O–H groups in total. The number of H-pyrrole nitrogens is 1. The summed E-state index contributed by atoms with van der Waals surface area (Å²) in [4.78, 5) is 32.2. The van der Waals surface area contributed by atoms with Gasteiger partial charge in [-0.25, -0.2) is 4.98 Å². The molecule has 2 aromatic carbocycles. The second-order valence-electron chi connectivity index (χ2n) is 6.23. The summed E-state index contributed by atoms with van der Waals surface area (Å²) in [6.45, 7) is 1.84. The van der Waals surface area contributed by atoms with E-state index < -0.39 is 10.8 Å². The van der Waals surface area contributed by atoms with Crippen molar-refractivity contribution in [2.75, 3.05) is 5.32 Å². The lowest BCUT2D eigenvalue weighted by atomic mass is 10.1. The minimum atomic E-state index is -0.559. The minimum Gasteiger partial charge on any atom is -0.324 e. The zero-order valence-corrected chi connectivity index (χ0v) is 16.9. The number of anilines is 1. The second-order valence-corrected chi connectivity index (χ2v) is 7.43. The number of aromatic nitrogens is 2. The van der Waals surface area contributed by atoms with Crippen LogP contribution in [0.1, 0.15) is 24.5 Å². The van der Waals surface area contributed by atoms with Gasteiger partial charge in [0.05, 0.1) is 22.2 Å². The van der Waals surface area contributed by atoms with Crippen LogP contribution in [0.3, 0.4) is 0 Å². The molecule has 0 saturated carbocycles. The normalized spacial score (nSPS) is 11.2. The van der Waals surface area contributed by atoms with Crippen LogP contribution in [0.5, 0.6) is 0 Å². The Morgan fingerprint density at radius 2 is 1.83 bits per heavy atom. The summed E-state index contributed by atoms with van der Waals surface area (Å²) in [5.74, 6) is -0.307. The van der Waals surface area contributed by atoms with Gasteiger partial charge in [-0.2, -0.15) is 10.5 Å². The van der Waals surface area contributed by atoms with E-state index in [1.54, 1.807) is 48.5 Å². The molecular formula is C22H17N5O2S. The van der Waals surface area contributed by atoms with Crippen molar-refractivity contribution in [2.24, 2.45) is 0 Å². The molecule has 1 heterocycles. The molecule has 0 fully saturated rings. The number of hydrogen-bond acceptors (Lipinski definition) is 6. The van der Waals surface area contributed by atoms with Crippen LogP contribution in [0.25, 0.3) is 11.3 Å². The number of benzene rings is 2. The van der Waals surface area contributed by atoms with Crippen molar-refractivity contribution in [2.45, 2.75) is 23.8 Å². The predicted molar refractivity (Wildman–Crippen MR) is 115 cm³/mol. The molecule has 0 bridgehead atoms. The van der Waals surface area contributed by atoms with Crippen LogP contribution < -0.4 is 10.9 Å². The van der Waals surface area contributed by atoms with Crippen molar-refractivity contribution < 1.29 is 4.79 Å². The summed E-state index contributed by atoms with van der Waals surface area (Å²) in [5, 5.41) is 21.0. The van der Waals surface area contributed by atoms with E-state index >= 15 is 0 Å². The molecule has 3 rings (SSSR count). The smallest absolute Gasteiger partial charge is 0.270 e. The standard InChI is InChI=1S/C22H17N5O2S/c1-2-18(21(29)25-17-11-7-6-10-15(17)12-23)30-22-26-19(14-8-4-3-5-9-14)16(13-24)20(28)27-22/h3-11,18H,2H2,1H3,(H,25,29)(H,26,27,28)/t18-/m1/s1. The summed E-state index contributed by atoms with van der Waals surface area (Å²) in [7, 11) is 0. The van der Waals surface area contributed by atoms with Gasteiger partial charge in [0.2, 0.25) is 5.91 Å². The van der Waals surface area contributed by atoms with E-state index in [2.05, 4.69) is 15.3 Å². The fourth-order valence-corrected chi connectivity index (χ4v) is 3.67. The van der Waals surface area contributed by atoms with Crippen molar-refractivity contribution in [3.8, 4) is 23.4 Å². The summed E-state index contributed by atoms with van der Waals surface area (Å²) < 4.78 is 0. The molecule has 148 valence electrons. The highest BCUT2D eigenvalue weighted by Gasteiger charge is 2.22. The molecule has 1 amide bonds. The predicted octanol–water partition coefficient (Wildman–Crippen LogP) is 3.69. The summed E-state index contributed by atoms with van der Waals surface area (Å²) >= 11 is 1.10. The molecule has 1 atom stereocenters. The molecule has 0 saturated heterocycles. The van der Waals surface area contributed by atoms with Gasteiger partial charge >= 0.3 is 0 Å². The maximum Gasteiger partial charge on any atom is 0.270 e. The van der Waals surface area contributed by atoms with Crippen LogP contribution in [-0.4, -0.2) is 21.1 Å². The van der Waals surface area contributed by atoms with Crippen molar-refractivity contribution in [3.05, 3.63) is 76.1 Å². The molecule has 7 nitrogen and oxygen atoms in total. The highest BCUT2D eigenvalue weighted by molar-refractivity contribution is 8.00. The van der Waals surface area contributed by atoms with Crippen LogP contribution in [0.15, 0.2) is 64.5 Å². The molecule has 0 spiro atoms. The van der Waals surface area contributed by atoms with Gasteiger partial charge in [0.25, 0.3) is 5.56 Å². The molecule has 30 heavy (non-hydrogen) atoms. The highest BCUT2D eigenvalue weighted by Crippen LogP contribution is 2.27. The Bertz CT molecular complexity index is 1210. The van der Waals surface area contributed by atoms with Gasteiger partial charge in [0.15, 0.2) is 5.16 Å². The average molecular weight is 415 g/mol. The van der Waals surface area contributed by atoms with Crippen LogP contribution >= 0.6 is 11.8 Å². The molecule has 0 aliphatic carbocycles. The lowest BCUT2D eigenvalue weighted by Crippen LogP contribution is -2.26. The van der Waals surface area contributed by atoms with E-state index in [1.807, 2.05) is 25.1 Å². The lowest BCUT2D eigenvalue weighted by Gasteiger charge is -2.15. The van der Waals surface area contributed by atoms with Gasteiger partial charge in [-0.05, 0) is 18.6 Å². The highest BCUT2D eigenvalue weighted by atomic mass is 32.2. The number of nitrogens with zero attached hydrogens (tertiary/aromatic N) is 3. The van der Waals surface area contributed by atoms with Crippen LogP contribution in [0.4, 0.5) is 5.69 Å². The number of para-hydroxylation sites is 1. The second kappa shape index (κ2) is 9.55. The van der Waals surface area contributed by atoms with Gasteiger partial charge in [0, 0.05) is 5.56 Å². The Kier molecular flexibility index (Phi) is 6.63. The number of hydrogen-bond donors (Lipinski definition) is 2. The Morgan fingerprint density at radius 1 is 1.13 bits per heavy atom. The summed E-state index contributed by atoms with van der Waals surface area (Å²) in [6, 6.07) is 19.6. The first-order valence-corrected chi connectivity index (χ1v) is 10.0. The molecule has 0 aliphatic rings. The third-order valence-corrected chi connectivity index (χ3v) is 5.53. The monoisotopic (exact) mass is 415 g/mol. The number of rotatable bonds is 6. The molecule has 0 unspecified atom stereocenters. The first-order valence-electron chi connectivity index (χ1n) is 9.13. The average Bonchev–Trinajstić information content (AvgIpc) is 2.78. The van der Waals surface area contributed by atoms with E-state index in [-0.39, 0.29) is 22.3 Å². The quantitative estimate of drug-likeness (QED) is 0.468. The largest absolute Gasteiger partial charge is 0.324 e. The van der Waals surface area contributed by atoms with Gasteiger partial charge in [-0.15, -0.1) is 0 Å². The zero-order chi connectivity index (χ0) is 21.5. The van der Waals surface area contributed by atoms with E-state index in [1.165, 1.54) is 0 Å². The first-order chi connectivity index (χ1) is 14.6. The van der Waals surface area contributed by atoms with Gasteiger partial charge in [-0.3, -0.25) is 9.59 Å². The summed E-state index contributed by atoms with van der Waals surface area (Å²) in [5.41, 5.74) is 1.07. The van der Waals surface area contributed by atoms with Crippen molar-refractivity contribution in [1.29, 1.82) is 10.5 Å². The minimum absolute atomic E-state index is 0.0778. The number of nitrogens with one attached hydrogen (secondary N) is 2. The SMILES string of the molecule is CC[C@@H](Sc1nc(-c2ccccc2)c(C#N)c(=O)[nH]1)C(=O)Nc1ccccc1C#N. The topological polar surface area (TPSA) is 122 Å². The van der Waals surface area contributed by atoms with Gasteiger partial charge in [0.1, 0.15) is 17.7 Å². The molecule has 8 heteroatoms. The Hall–Kier alpha value is -3.88. The van der Waals surface area contributed by atoms with Crippen LogP contribution in [0.2, 0.25) is 0 Å². The third kappa shape index (κ3) is 4.57. The number of aromatic amines is 1. The molecular weight excluding hydrogens is 398 g/mol. The third-order valence-electron chi connectivity index (χ3n) is 4.28. The number of thioether (sulfide) groups is 1. The van der Waals surface area contributed by atoms with Crippen LogP contribution in [0, 0.1) is 22.7 Å². The molecule has 0 aliphatic heterocycles. The zero-order valence-electron chi connectivity index (χ0n) is 16.0. The Labute approximate surface area is 177 Å². The first kappa shape index (κ1) is 20.8. The van der Waals surface area contributed by atoms with Crippen molar-refractivity contribution in [1.82, 2.24) is 9.97 Å². The van der Waals surface area contributed by atoms with E-state index in [4.69, 9.17) is 0 Å². The summed E-state index contributed by atoms with van der Waals surface area (Å²) in [6.07, 6.45) is 0.468. The maximum atomic E-state index is 12.8. The molecule has 3 aromatic rings. The van der Waals surface area contributed by atoms with E-state index in [0.717, 1.165) is 11.8 Å². The van der Waals surface area contributed by atoms with Gasteiger partial charge < -0.3 is 10.3 Å². The maximum absolute atomic E-state index is 12.8. The van der Waals surface area contributed by atoms with Crippen molar-refractivity contribution in [3.63, 3.8) is 0 Å². The fraction of sp³-hybridized carbons (Fsp3) is 0.136. The van der Waals surface area contributed by atoms with Crippen LogP contribution in [-0.2, 0) is 4.79 Å². The number of carbonyl (C=O) groups excluding carboxylic acids is 1. The van der Waals surface area contributed by atoms with E-state index in [0.29, 0.717) is 23.2 Å². The number of carbonyl (C=O) groups is 1. The van der Waals surface area contributed by atoms with E-state index in [9.17, 15) is 20.1 Å².